The first-order chi connectivity index (χ1) is 17.6. The molecule has 10 heteroatoms. The van der Waals surface area contributed by atoms with Crippen molar-refractivity contribution in [1.29, 1.82) is 5.41 Å². The van der Waals surface area contributed by atoms with Gasteiger partial charge < -0.3 is 20.4 Å². The molecule has 3 rings (SSSR count). The lowest BCUT2D eigenvalue weighted by Gasteiger charge is -2.22. The van der Waals surface area contributed by atoms with Gasteiger partial charge in [-0.25, -0.2) is 9.37 Å². The van der Waals surface area contributed by atoms with Crippen LogP contribution < -0.4 is 10.6 Å². The van der Waals surface area contributed by atoms with E-state index in [-0.39, 0.29) is 28.5 Å². The van der Waals surface area contributed by atoms with Crippen LogP contribution in [0.1, 0.15) is 31.8 Å². The monoisotopic (exact) mass is 520 g/mol. The maximum atomic E-state index is 14.9. The van der Waals surface area contributed by atoms with Crippen LogP contribution >= 0.6 is 11.6 Å². The Bertz CT molecular complexity index is 1370. The Balaban J connectivity index is 1.81. The number of hydrogen-bond donors (Lipinski definition) is 3. The Morgan fingerprint density at radius 1 is 1.03 bits per heavy atom. The molecule has 0 aliphatic rings. The number of amidine groups is 1. The number of nitrogens with one attached hydrogen (secondary N) is 3. The van der Waals surface area contributed by atoms with Gasteiger partial charge in [-0.3, -0.25) is 15.0 Å². The van der Waals surface area contributed by atoms with Crippen LogP contribution in [0, 0.1) is 23.6 Å². The highest BCUT2D eigenvalue weighted by molar-refractivity contribution is 6.30. The van der Waals surface area contributed by atoms with E-state index in [9.17, 15) is 14.0 Å². The van der Waals surface area contributed by atoms with E-state index in [1.165, 1.54) is 36.5 Å². The van der Waals surface area contributed by atoms with Crippen molar-refractivity contribution in [2.45, 2.75) is 0 Å². The number of anilines is 2. The van der Waals surface area contributed by atoms with Gasteiger partial charge in [-0.15, -0.1) is 6.42 Å². The van der Waals surface area contributed by atoms with E-state index in [2.05, 4.69) is 21.5 Å². The summed E-state index contributed by atoms with van der Waals surface area (Å²) < 4.78 is 14.9. The van der Waals surface area contributed by atoms with Gasteiger partial charge in [0.15, 0.2) is 0 Å². The molecule has 0 spiro atoms. The molecule has 3 N–H and O–H groups in total. The summed E-state index contributed by atoms with van der Waals surface area (Å²) in [7, 11) is 5.60. The minimum Gasteiger partial charge on any atom is -0.358 e. The lowest BCUT2D eigenvalue weighted by molar-refractivity contribution is 0.102. The van der Waals surface area contributed by atoms with Crippen LogP contribution in [0.5, 0.6) is 0 Å². The summed E-state index contributed by atoms with van der Waals surface area (Å²) in [4.78, 5) is 33.6. The fraction of sp³-hybridized carbons (Fsp3) is 0.185. The van der Waals surface area contributed by atoms with Gasteiger partial charge in [0.25, 0.3) is 11.8 Å². The van der Waals surface area contributed by atoms with E-state index in [0.717, 1.165) is 12.6 Å². The number of benzene rings is 2. The Morgan fingerprint density at radius 3 is 2.38 bits per heavy atom. The minimum atomic E-state index is -0.794. The molecular weight excluding hydrogens is 495 g/mol. The Hall–Kier alpha value is -4.26. The zero-order chi connectivity index (χ0) is 27.1. The first kappa shape index (κ1) is 27.3. The second-order valence-electron chi connectivity index (χ2n) is 8.44. The van der Waals surface area contributed by atoms with E-state index in [1.807, 2.05) is 19.0 Å². The Morgan fingerprint density at radius 2 is 1.76 bits per heavy atom. The Kier molecular flexibility index (Phi) is 8.95. The standard InChI is InChI=1S/C27H26ClFN6O2/c1-5-17-6-10-23(21(14-17)27(37)33-24-11-8-19(28)16-31-24)32-26(36)20-9-7-18(15-22(20)29)25(30)35(4)13-12-34(2)3/h1,6-11,14-16,30H,12-13H2,2-4H3,(H,32,36)(H,31,33,37). The smallest absolute Gasteiger partial charge is 0.258 e. The average Bonchev–Trinajstić information content (AvgIpc) is 2.88. The maximum absolute atomic E-state index is 14.9. The van der Waals surface area contributed by atoms with E-state index < -0.39 is 17.6 Å². The normalized spacial score (nSPS) is 10.5. The SMILES string of the molecule is C#Cc1ccc(NC(=O)c2ccc(C(=N)N(C)CCN(C)C)cc2F)c(C(=O)Nc2ccc(Cl)cn2)c1. The number of pyridine rings is 1. The summed E-state index contributed by atoms with van der Waals surface area (Å²) in [6, 6.07) is 11.5. The van der Waals surface area contributed by atoms with Crippen molar-refractivity contribution in [2.24, 2.45) is 0 Å². The molecule has 0 aliphatic heterocycles. The minimum absolute atomic E-state index is 0.0712. The maximum Gasteiger partial charge on any atom is 0.258 e. The molecule has 0 saturated heterocycles. The van der Waals surface area contributed by atoms with Crippen LogP contribution in [0.25, 0.3) is 0 Å². The third kappa shape index (κ3) is 7.13. The van der Waals surface area contributed by atoms with Gasteiger partial charge in [-0.05, 0) is 56.6 Å². The van der Waals surface area contributed by atoms with Gasteiger partial charge in [0, 0.05) is 37.5 Å². The van der Waals surface area contributed by atoms with Crippen molar-refractivity contribution >= 4 is 40.8 Å². The first-order valence-corrected chi connectivity index (χ1v) is 11.6. The average molecular weight is 521 g/mol. The molecule has 0 radical (unpaired) electrons. The molecule has 190 valence electrons. The van der Waals surface area contributed by atoms with Crippen molar-refractivity contribution in [3.63, 3.8) is 0 Å². The number of aromatic nitrogens is 1. The molecule has 1 heterocycles. The fourth-order valence-electron chi connectivity index (χ4n) is 3.28. The van der Waals surface area contributed by atoms with Crippen molar-refractivity contribution in [2.75, 3.05) is 44.9 Å². The van der Waals surface area contributed by atoms with Crippen LogP contribution in [0.4, 0.5) is 15.9 Å². The molecule has 3 aromatic rings. The number of nitrogens with zero attached hydrogens (tertiary/aromatic N) is 3. The van der Waals surface area contributed by atoms with E-state index in [1.54, 1.807) is 24.1 Å². The third-order valence-electron chi connectivity index (χ3n) is 5.40. The number of halogens is 2. The van der Waals surface area contributed by atoms with Gasteiger partial charge >= 0.3 is 0 Å². The number of amides is 2. The molecule has 0 unspecified atom stereocenters. The highest BCUT2D eigenvalue weighted by Gasteiger charge is 2.19. The third-order valence-corrected chi connectivity index (χ3v) is 5.62. The number of carbonyl (C=O) groups is 2. The van der Waals surface area contributed by atoms with Gasteiger partial charge in [-0.1, -0.05) is 23.6 Å². The van der Waals surface area contributed by atoms with Crippen LogP contribution in [0.3, 0.4) is 0 Å². The summed E-state index contributed by atoms with van der Waals surface area (Å²) in [5, 5.41) is 13.9. The van der Waals surface area contributed by atoms with Gasteiger partial charge in [0.2, 0.25) is 0 Å². The molecule has 2 aromatic carbocycles. The first-order valence-electron chi connectivity index (χ1n) is 11.2. The predicted molar refractivity (Wildman–Crippen MR) is 144 cm³/mol. The molecule has 0 saturated carbocycles. The predicted octanol–water partition coefficient (Wildman–Crippen LogP) is 4.18. The zero-order valence-corrected chi connectivity index (χ0v) is 21.4. The second kappa shape index (κ2) is 12.1. The zero-order valence-electron chi connectivity index (χ0n) is 20.6. The second-order valence-corrected chi connectivity index (χ2v) is 8.88. The molecule has 0 bridgehead atoms. The van der Waals surface area contributed by atoms with Crippen LogP contribution in [-0.2, 0) is 0 Å². The largest absolute Gasteiger partial charge is 0.358 e. The molecule has 0 aliphatic carbocycles. The molecule has 0 fully saturated rings. The molecular formula is C27H26ClFN6O2. The topological polar surface area (TPSA) is 101 Å². The van der Waals surface area contributed by atoms with E-state index in [4.69, 9.17) is 23.4 Å². The fourth-order valence-corrected chi connectivity index (χ4v) is 3.39. The summed E-state index contributed by atoms with van der Waals surface area (Å²) in [6.07, 6.45) is 6.85. The van der Waals surface area contributed by atoms with Crippen molar-refractivity contribution in [1.82, 2.24) is 14.8 Å². The Labute approximate surface area is 220 Å². The van der Waals surface area contributed by atoms with Crippen molar-refractivity contribution in [3.8, 4) is 12.3 Å². The molecule has 1 aromatic heterocycles. The van der Waals surface area contributed by atoms with Gasteiger partial charge in [0.1, 0.15) is 17.5 Å². The number of rotatable bonds is 8. The van der Waals surface area contributed by atoms with Gasteiger partial charge in [-0.2, -0.15) is 0 Å². The number of carbonyl (C=O) groups excluding carboxylic acids is 2. The molecule has 2 amide bonds. The summed E-state index contributed by atoms with van der Waals surface area (Å²) in [5.41, 5.74) is 0.722. The lowest BCUT2D eigenvalue weighted by atomic mass is 10.1. The summed E-state index contributed by atoms with van der Waals surface area (Å²) in [6.45, 7) is 1.31. The lowest BCUT2D eigenvalue weighted by Crippen LogP contribution is -2.33. The van der Waals surface area contributed by atoms with Crippen LogP contribution in [0.2, 0.25) is 5.02 Å². The number of terminal acetylenes is 1. The number of hydrogen-bond acceptors (Lipinski definition) is 5. The summed E-state index contributed by atoms with van der Waals surface area (Å²) >= 11 is 5.83. The quantitative estimate of drug-likeness (QED) is 0.235. The highest BCUT2D eigenvalue weighted by Crippen LogP contribution is 2.22. The molecule has 0 atom stereocenters. The van der Waals surface area contributed by atoms with Crippen LogP contribution in [-0.4, -0.2) is 66.7 Å². The van der Waals surface area contributed by atoms with E-state index >= 15 is 0 Å². The van der Waals surface area contributed by atoms with Crippen molar-refractivity contribution < 1.29 is 14.0 Å². The van der Waals surface area contributed by atoms with Crippen molar-refractivity contribution in [3.05, 3.63) is 87.8 Å². The van der Waals surface area contributed by atoms with Crippen LogP contribution in [0.15, 0.2) is 54.7 Å². The summed E-state index contributed by atoms with van der Waals surface area (Å²) in [5.74, 6) is 0.692. The van der Waals surface area contributed by atoms with E-state index in [0.29, 0.717) is 22.7 Å². The number of likely N-dealkylation sites (N-methyl/N-ethyl adjacent to an activating group) is 2. The molecule has 37 heavy (non-hydrogen) atoms. The highest BCUT2D eigenvalue weighted by atomic mass is 35.5. The van der Waals surface area contributed by atoms with Gasteiger partial charge in [0.05, 0.1) is 21.8 Å². The molecule has 8 nitrogen and oxygen atoms in total.